The van der Waals surface area contributed by atoms with Crippen LogP contribution in [0.2, 0.25) is 0 Å². The summed E-state index contributed by atoms with van der Waals surface area (Å²) in [4.78, 5) is 9.43. The first kappa shape index (κ1) is 20.3. The second-order valence-electron chi connectivity index (χ2n) is 5.72. The van der Waals surface area contributed by atoms with E-state index in [0.717, 1.165) is 12.1 Å². The first-order valence-corrected chi connectivity index (χ1v) is 11.0. The second kappa shape index (κ2) is 5.55. The maximum atomic E-state index is 12.7. The van der Waals surface area contributed by atoms with Crippen LogP contribution in [0.5, 0.6) is 0 Å². The van der Waals surface area contributed by atoms with E-state index in [1.165, 1.54) is 18.2 Å². The molecule has 0 saturated carbocycles. The first-order valence-electron chi connectivity index (χ1n) is 7.18. The van der Waals surface area contributed by atoms with Crippen LogP contribution in [0.4, 0.5) is 30.8 Å². The van der Waals surface area contributed by atoms with Gasteiger partial charge in [-0.1, -0.05) is 19.4 Å². The van der Waals surface area contributed by atoms with E-state index in [-0.39, 0.29) is 39.1 Å². The first-order chi connectivity index (χ1) is 12.5. The van der Waals surface area contributed by atoms with E-state index in [9.17, 15) is 32.6 Å². The van der Waals surface area contributed by atoms with Crippen LogP contribution < -0.4 is 15.4 Å². The Hall–Kier alpha value is -2.45. The van der Waals surface area contributed by atoms with E-state index in [4.69, 9.17) is 12.2 Å². The van der Waals surface area contributed by atoms with Crippen molar-refractivity contribution in [3.8, 4) is 0 Å². The zero-order chi connectivity index (χ0) is 21.0. The number of hydrogen-bond donors (Lipinski definition) is 3. The summed E-state index contributed by atoms with van der Waals surface area (Å²) in [7, 11) is -13.7. The summed E-state index contributed by atoms with van der Waals surface area (Å²) < 4.78 is 88.6. The van der Waals surface area contributed by atoms with E-state index in [2.05, 4.69) is 10.6 Å². The average molecular weight is 459 g/mol. The number of carbonyl (C=O) groups is 1. The largest absolute Gasteiger partial charge is 0.332 e. The minimum Gasteiger partial charge on any atom is -0.332 e. The van der Waals surface area contributed by atoms with Crippen molar-refractivity contribution in [1.29, 1.82) is 0 Å². The van der Waals surface area contributed by atoms with Gasteiger partial charge >= 0.3 is 10.2 Å². The van der Waals surface area contributed by atoms with Crippen LogP contribution in [0.3, 0.4) is 0 Å². The number of fused-ring (bicyclic) bond motifs is 1. The predicted molar refractivity (Wildman–Crippen MR) is 98.8 cm³/mol. The number of anilines is 2. The summed E-state index contributed by atoms with van der Waals surface area (Å²) in [5.74, 6) is -0.816. The third-order valence-electron chi connectivity index (χ3n) is 3.56. The summed E-state index contributed by atoms with van der Waals surface area (Å²) in [5.41, 5.74) is 0.129. The molecule has 2 aromatic rings. The Morgan fingerprint density at radius 1 is 0.929 bits per heavy atom. The molecule has 14 heteroatoms. The number of sulfonamides is 1. The third kappa shape index (κ3) is 4.18. The van der Waals surface area contributed by atoms with Gasteiger partial charge in [0.2, 0.25) is 0 Å². The molecule has 1 heterocycles. The van der Waals surface area contributed by atoms with Gasteiger partial charge in [0.15, 0.2) is 5.11 Å². The van der Waals surface area contributed by atoms with Crippen molar-refractivity contribution >= 4 is 54.9 Å². The van der Waals surface area contributed by atoms with E-state index in [1.807, 2.05) is 4.72 Å². The lowest BCUT2D eigenvalue weighted by Crippen LogP contribution is -2.20. The molecule has 1 aliphatic heterocycles. The van der Waals surface area contributed by atoms with E-state index < -0.39 is 31.0 Å². The maximum absolute atomic E-state index is 12.7. The fourth-order valence-electron chi connectivity index (χ4n) is 2.34. The molecule has 6 nitrogen and oxygen atoms in total. The topological polar surface area (TPSA) is 87.3 Å². The van der Waals surface area contributed by atoms with Gasteiger partial charge in [0, 0.05) is 11.4 Å². The molecule has 0 bridgehead atoms. The van der Waals surface area contributed by atoms with Gasteiger partial charge in [-0.2, -0.15) is 0 Å². The lowest BCUT2D eigenvalue weighted by atomic mass is 10.2. The Labute approximate surface area is 160 Å². The number of carbonyl (C=O) groups excluding carboxylic acids is 1. The van der Waals surface area contributed by atoms with E-state index in [0.29, 0.717) is 0 Å². The fourth-order valence-corrected chi connectivity index (χ4v) is 4.38. The zero-order valence-corrected chi connectivity index (χ0v) is 15.8. The van der Waals surface area contributed by atoms with Crippen molar-refractivity contribution in [3.05, 3.63) is 48.0 Å². The van der Waals surface area contributed by atoms with Gasteiger partial charge in [0.25, 0.3) is 15.9 Å². The Kier molecular flexibility index (Phi) is 4.02. The maximum Gasteiger partial charge on any atom is 0.310 e. The highest BCUT2D eigenvalue weighted by molar-refractivity contribution is 8.45. The van der Waals surface area contributed by atoms with Gasteiger partial charge in [-0.25, -0.2) is 13.1 Å². The van der Waals surface area contributed by atoms with Gasteiger partial charge in [-0.05, 0) is 54.7 Å². The molecular formula is C14H10F5N3O3S3. The molecule has 152 valence electrons. The van der Waals surface area contributed by atoms with Crippen LogP contribution in [0.1, 0.15) is 10.4 Å². The van der Waals surface area contributed by atoms with Gasteiger partial charge in [-0.3, -0.25) is 4.79 Å². The van der Waals surface area contributed by atoms with Crippen molar-refractivity contribution < 1.29 is 32.6 Å². The number of halogens is 5. The van der Waals surface area contributed by atoms with Gasteiger partial charge in [0.05, 0.1) is 5.56 Å². The Morgan fingerprint density at radius 3 is 2.04 bits per heavy atom. The lowest BCUT2D eigenvalue weighted by Gasteiger charge is -2.40. The average Bonchev–Trinajstić information content (AvgIpc) is 2.74. The SMILES string of the molecule is O=C1NS(=O)(=O)c2ccc(NC(=S)Nc3ccc(S(F)(F)(F)(F)F)cc3)cc21. The molecule has 1 amide bonds. The minimum atomic E-state index is -9.76. The normalized spacial score (nSPS) is 17.7. The zero-order valence-electron chi connectivity index (χ0n) is 13.4. The smallest absolute Gasteiger partial charge is 0.310 e. The van der Waals surface area contributed by atoms with Gasteiger partial charge < -0.3 is 10.6 Å². The van der Waals surface area contributed by atoms with Gasteiger partial charge in [-0.15, -0.1) is 0 Å². The molecule has 28 heavy (non-hydrogen) atoms. The van der Waals surface area contributed by atoms with E-state index in [1.54, 1.807) is 0 Å². The van der Waals surface area contributed by atoms with Crippen LogP contribution >= 0.6 is 22.4 Å². The quantitative estimate of drug-likeness (QED) is 0.460. The molecular weight excluding hydrogens is 449 g/mol. The van der Waals surface area contributed by atoms with Crippen LogP contribution in [0.25, 0.3) is 0 Å². The standard InChI is InChI=1S/C14H10F5N3O3S3/c15-28(16,17,18,19)10-4-1-8(2-5-10)20-14(26)21-9-3-6-12-11(7-9)13(23)22-27(12,24)25/h1-7H,(H,22,23)(H2,20,21,26). The van der Waals surface area contributed by atoms with Crippen LogP contribution in [0, 0.1) is 0 Å². The van der Waals surface area contributed by atoms with Crippen molar-refractivity contribution in [1.82, 2.24) is 4.72 Å². The van der Waals surface area contributed by atoms with Crippen LogP contribution in [0.15, 0.2) is 52.3 Å². The lowest BCUT2D eigenvalue weighted by molar-refractivity contribution is 0.0985. The number of amides is 1. The molecule has 2 aromatic carbocycles. The molecule has 3 N–H and O–H groups in total. The number of benzene rings is 2. The highest BCUT2D eigenvalue weighted by Crippen LogP contribution is 3.02. The highest BCUT2D eigenvalue weighted by Gasteiger charge is 2.65. The third-order valence-corrected chi connectivity index (χ3v) is 6.31. The summed E-state index contributed by atoms with van der Waals surface area (Å²) in [6, 6.07) is 5.75. The molecule has 0 unspecified atom stereocenters. The Morgan fingerprint density at radius 2 is 1.46 bits per heavy atom. The molecule has 0 aromatic heterocycles. The second-order valence-corrected chi connectivity index (χ2v) is 10.2. The number of rotatable bonds is 3. The monoisotopic (exact) mass is 459 g/mol. The summed E-state index contributed by atoms with van der Waals surface area (Å²) in [5, 5.41) is 4.98. The molecule has 3 rings (SSSR count). The van der Waals surface area contributed by atoms with Crippen molar-refractivity contribution in [2.45, 2.75) is 9.79 Å². The molecule has 0 atom stereocenters. The predicted octanol–water partition coefficient (Wildman–Crippen LogP) is 4.59. The molecule has 0 saturated heterocycles. The van der Waals surface area contributed by atoms with Crippen molar-refractivity contribution in [2.75, 3.05) is 10.6 Å². The fraction of sp³-hybridized carbons (Fsp3) is 0. The van der Waals surface area contributed by atoms with Crippen LogP contribution in [-0.2, 0) is 10.0 Å². The molecule has 1 aliphatic rings. The molecule has 0 fully saturated rings. The van der Waals surface area contributed by atoms with Crippen molar-refractivity contribution in [3.63, 3.8) is 0 Å². The summed E-state index contributed by atoms with van der Waals surface area (Å²) >= 11 is 4.97. The number of thiocarbonyl (C=S) groups is 1. The summed E-state index contributed by atoms with van der Waals surface area (Å²) in [6.07, 6.45) is 0. The highest BCUT2D eigenvalue weighted by atomic mass is 32.5. The Balaban J connectivity index is 1.74. The molecule has 0 spiro atoms. The van der Waals surface area contributed by atoms with Crippen LogP contribution in [-0.4, -0.2) is 19.4 Å². The summed E-state index contributed by atoms with van der Waals surface area (Å²) in [6.45, 7) is 0. The Bertz CT molecular complexity index is 1120. The number of hydrogen-bond acceptors (Lipinski definition) is 4. The van der Waals surface area contributed by atoms with Gasteiger partial charge in [0.1, 0.15) is 9.79 Å². The number of nitrogens with one attached hydrogen (secondary N) is 3. The molecule has 0 radical (unpaired) electrons. The van der Waals surface area contributed by atoms with E-state index >= 15 is 0 Å². The molecule has 0 aliphatic carbocycles. The minimum absolute atomic E-state index is 0.00424. The van der Waals surface area contributed by atoms with Crippen molar-refractivity contribution in [2.24, 2.45) is 0 Å².